The molecule has 0 spiro atoms. The third-order valence-corrected chi connectivity index (χ3v) is 5.99. The maximum atomic E-state index is 6.32. The van der Waals surface area contributed by atoms with Crippen molar-refractivity contribution in [2.24, 2.45) is 5.92 Å². The summed E-state index contributed by atoms with van der Waals surface area (Å²) in [4.78, 5) is 13.8. The quantitative estimate of drug-likeness (QED) is 0.396. The van der Waals surface area contributed by atoms with Gasteiger partial charge in [-0.2, -0.15) is 0 Å². The number of benzene rings is 1. The van der Waals surface area contributed by atoms with Gasteiger partial charge in [0.2, 0.25) is 0 Å². The Hall–Kier alpha value is -3.20. The molecule has 6 heteroatoms. The molecule has 0 aliphatic heterocycles. The molecule has 0 saturated heterocycles. The van der Waals surface area contributed by atoms with E-state index < -0.39 is 0 Å². The number of hydrogen-bond donors (Lipinski definition) is 1. The zero-order valence-electron chi connectivity index (χ0n) is 19.1. The van der Waals surface area contributed by atoms with Crippen LogP contribution >= 0.6 is 11.6 Å². The van der Waals surface area contributed by atoms with E-state index >= 15 is 0 Å². The molecule has 5 nitrogen and oxygen atoms in total. The summed E-state index contributed by atoms with van der Waals surface area (Å²) in [6.07, 6.45) is 9.86. The molecule has 4 rings (SSSR count). The number of hydrogen-bond acceptors (Lipinski definition) is 4. The lowest BCUT2D eigenvalue weighted by Crippen LogP contribution is -2.09. The van der Waals surface area contributed by atoms with Crippen molar-refractivity contribution in [3.05, 3.63) is 83.2 Å². The lowest BCUT2D eigenvalue weighted by Gasteiger charge is -2.19. The first kappa shape index (κ1) is 23.0. The second-order valence-electron chi connectivity index (χ2n) is 8.11. The van der Waals surface area contributed by atoms with E-state index in [4.69, 9.17) is 16.6 Å². The smallest absolute Gasteiger partial charge is 0.186 e. The normalized spacial score (nSPS) is 15.4. The minimum Gasteiger partial charge on any atom is -0.319 e. The van der Waals surface area contributed by atoms with Crippen LogP contribution in [0, 0.1) is 17.8 Å². The Morgan fingerprint density at radius 3 is 2.76 bits per heavy atom. The number of aryl methyl sites for hydroxylation is 1. The molecule has 168 valence electrons. The average molecular weight is 458 g/mol. The van der Waals surface area contributed by atoms with Gasteiger partial charge in [-0.05, 0) is 55.0 Å². The zero-order valence-corrected chi connectivity index (χ0v) is 19.8. The number of nitrogens with one attached hydrogen (secondary N) is 1. The highest BCUT2D eigenvalue weighted by atomic mass is 35.5. The molecule has 0 bridgehead atoms. The molecule has 2 heterocycles. The van der Waals surface area contributed by atoms with E-state index in [1.165, 1.54) is 5.56 Å². The van der Waals surface area contributed by atoms with Crippen LogP contribution < -0.4 is 5.32 Å². The van der Waals surface area contributed by atoms with Gasteiger partial charge in [0.05, 0.1) is 17.1 Å². The third kappa shape index (κ3) is 5.60. The first-order valence-electron chi connectivity index (χ1n) is 11.3. The fourth-order valence-corrected chi connectivity index (χ4v) is 4.29. The molecule has 33 heavy (non-hydrogen) atoms. The first-order chi connectivity index (χ1) is 16.2. The lowest BCUT2D eigenvalue weighted by atomic mass is 9.89. The summed E-state index contributed by atoms with van der Waals surface area (Å²) in [6, 6.07) is 12.4. The van der Waals surface area contributed by atoms with E-state index in [0.29, 0.717) is 0 Å². The molecule has 1 aliphatic carbocycles. The minimum absolute atomic E-state index is 0.255. The van der Waals surface area contributed by atoms with Crippen LogP contribution in [0.1, 0.15) is 36.8 Å². The molecule has 1 N–H and O–H groups in total. The van der Waals surface area contributed by atoms with Crippen LogP contribution in [0.4, 0.5) is 0 Å². The van der Waals surface area contributed by atoms with Gasteiger partial charge in [0.15, 0.2) is 5.82 Å². The SMILES string of the molecule is CNCCC#Cc1nc(C2=CC=C(Cl)CC2C)c(-c2ccncn2)n1CCc1ccccc1. The van der Waals surface area contributed by atoms with Crippen LogP contribution in [-0.4, -0.2) is 33.1 Å². The summed E-state index contributed by atoms with van der Waals surface area (Å²) in [6.45, 7) is 3.78. The van der Waals surface area contributed by atoms with Crippen molar-refractivity contribution in [1.82, 2.24) is 24.8 Å². The molecule has 0 fully saturated rings. The topological polar surface area (TPSA) is 55.6 Å². The van der Waals surface area contributed by atoms with Gasteiger partial charge < -0.3 is 9.88 Å². The van der Waals surface area contributed by atoms with Gasteiger partial charge in [0.1, 0.15) is 6.33 Å². The van der Waals surface area contributed by atoms with Gasteiger partial charge in [-0.1, -0.05) is 60.9 Å². The average Bonchev–Trinajstić information content (AvgIpc) is 3.19. The largest absolute Gasteiger partial charge is 0.319 e. The highest BCUT2D eigenvalue weighted by Crippen LogP contribution is 2.38. The van der Waals surface area contributed by atoms with Crippen LogP contribution in [0.3, 0.4) is 0 Å². The molecule has 0 amide bonds. The monoisotopic (exact) mass is 457 g/mol. The second-order valence-corrected chi connectivity index (χ2v) is 8.60. The Morgan fingerprint density at radius 2 is 2.03 bits per heavy atom. The molecule has 0 radical (unpaired) electrons. The summed E-state index contributed by atoms with van der Waals surface area (Å²) in [5.74, 6) is 7.62. The van der Waals surface area contributed by atoms with Crippen molar-refractivity contribution in [1.29, 1.82) is 0 Å². The highest BCUT2D eigenvalue weighted by Gasteiger charge is 2.26. The molecule has 1 unspecified atom stereocenters. The van der Waals surface area contributed by atoms with Crippen molar-refractivity contribution >= 4 is 17.2 Å². The lowest BCUT2D eigenvalue weighted by molar-refractivity contribution is 0.691. The fourth-order valence-electron chi connectivity index (χ4n) is 4.00. The molecule has 3 aromatic rings. The van der Waals surface area contributed by atoms with Crippen molar-refractivity contribution in [3.63, 3.8) is 0 Å². The van der Waals surface area contributed by atoms with E-state index in [0.717, 1.165) is 65.9 Å². The maximum absolute atomic E-state index is 6.32. The van der Waals surface area contributed by atoms with Gasteiger partial charge in [-0.15, -0.1) is 0 Å². The van der Waals surface area contributed by atoms with Crippen molar-refractivity contribution in [2.45, 2.75) is 32.7 Å². The van der Waals surface area contributed by atoms with E-state index in [1.54, 1.807) is 12.5 Å². The van der Waals surface area contributed by atoms with Crippen LogP contribution in [0.15, 0.2) is 66.1 Å². The fraction of sp³-hybridized carbons (Fsp3) is 0.296. The molecule has 0 saturated carbocycles. The van der Waals surface area contributed by atoms with Gasteiger partial charge in [-0.3, -0.25) is 0 Å². The summed E-state index contributed by atoms with van der Waals surface area (Å²) in [5, 5.41) is 4.01. The molecule has 1 atom stereocenters. The molecule has 1 aromatic carbocycles. The third-order valence-electron chi connectivity index (χ3n) is 5.71. The number of rotatable bonds is 7. The number of aromatic nitrogens is 4. The Labute approximate surface area is 200 Å². The molecular formula is C27H28ClN5. The van der Waals surface area contributed by atoms with Crippen LogP contribution in [0.25, 0.3) is 17.0 Å². The van der Waals surface area contributed by atoms with Gasteiger partial charge in [0.25, 0.3) is 0 Å². The summed E-state index contributed by atoms with van der Waals surface area (Å²) in [7, 11) is 1.93. The van der Waals surface area contributed by atoms with Crippen molar-refractivity contribution in [3.8, 4) is 23.2 Å². The predicted octanol–water partition coefficient (Wildman–Crippen LogP) is 5.09. The Kier molecular flexibility index (Phi) is 7.72. The first-order valence-corrected chi connectivity index (χ1v) is 11.7. The van der Waals surface area contributed by atoms with E-state index in [1.807, 2.05) is 25.3 Å². The Balaban J connectivity index is 1.84. The Bertz CT molecular complexity index is 1200. The van der Waals surface area contributed by atoms with Crippen molar-refractivity contribution in [2.75, 3.05) is 13.6 Å². The molecule has 2 aromatic heterocycles. The van der Waals surface area contributed by atoms with Gasteiger partial charge >= 0.3 is 0 Å². The van der Waals surface area contributed by atoms with E-state index in [2.05, 4.69) is 69.0 Å². The number of halogens is 1. The second kappa shape index (κ2) is 11.1. The van der Waals surface area contributed by atoms with Gasteiger partial charge in [0, 0.05) is 30.7 Å². The van der Waals surface area contributed by atoms with Crippen LogP contribution in [0.2, 0.25) is 0 Å². The summed E-state index contributed by atoms with van der Waals surface area (Å²) >= 11 is 6.32. The molecule has 1 aliphatic rings. The van der Waals surface area contributed by atoms with Crippen LogP contribution in [-0.2, 0) is 13.0 Å². The zero-order chi connectivity index (χ0) is 23.0. The standard InChI is InChI=1S/C27H28ClN5/c1-20-18-22(28)11-12-23(20)26-27(24-13-16-30-19-31-24)33(17-14-21-8-4-3-5-9-21)25(32-26)10-6-7-15-29-2/h3-5,8-9,11-13,16,19-20,29H,7,14-15,17-18H2,1-2H3. The van der Waals surface area contributed by atoms with E-state index in [9.17, 15) is 0 Å². The number of imidazole rings is 1. The number of allylic oxidation sites excluding steroid dienone is 4. The van der Waals surface area contributed by atoms with Crippen molar-refractivity contribution < 1.29 is 0 Å². The minimum atomic E-state index is 0.255. The summed E-state index contributed by atoms with van der Waals surface area (Å²) < 4.78 is 2.21. The predicted molar refractivity (Wildman–Crippen MR) is 135 cm³/mol. The Morgan fingerprint density at radius 1 is 1.18 bits per heavy atom. The number of nitrogens with zero attached hydrogens (tertiary/aromatic N) is 4. The van der Waals surface area contributed by atoms with E-state index in [-0.39, 0.29) is 5.92 Å². The van der Waals surface area contributed by atoms with Crippen LogP contribution in [0.5, 0.6) is 0 Å². The maximum Gasteiger partial charge on any atom is 0.186 e. The summed E-state index contributed by atoms with van der Waals surface area (Å²) in [5.41, 5.74) is 5.18. The highest BCUT2D eigenvalue weighted by molar-refractivity contribution is 6.30. The molecular weight excluding hydrogens is 430 g/mol. The van der Waals surface area contributed by atoms with Gasteiger partial charge in [-0.25, -0.2) is 15.0 Å².